The van der Waals surface area contributed by atoms with Gasteiger partial charge in [0.2, 0.25) is 0 Å². The smallest absolute Gasteiger partial charge is 0.344 e. The molecule has 1 heterocycles. The van der Waals surface area contributed by atoms with Crippen molar-refractivity contribution in [1.82, 2.24) is 0 Å². The molecule has 0 aliphatic carbocycles. The van der Waals surface area contributed by atoms with Crippen molar-refractivity contribution in [2.75, 3.05) is 0 Å². The summed E-state index contributed by atoms with van der Waals surface area (Å²) in [6.07, 6.45) is 0. The van der Waals surface area contributed by atoms with Gasteiger partial charge in [-0.25, -0.2) is 4.79 Å². The quantitative estimate of drug-likeness (QED) is 0.528. The molecule has 0 unspecified atom stereocenters. The van der Waals surface area contributed by atoms with Gasteiger partial charge in [-0.1, -0.05) is 30.3 Å². The Balaban J connectivity index is 2.33. The second-order valence-corrected chi connectivity index (χ2v) is 5.21. The molecule has 0 saturated heterocycles. The van der Waals surface area contributed by atoms with Crippen LogP contribution in [0.2, 0.25) is 0 Å². The molecule has 1 N–H and O–H groups in total. The van der Waals surface area contributed by atoms with Crippen molar-refractivity contribution in [3.63, 3.8) is 0 Å². The van der Waals surface area contributed by atoms with Crippen LogP contribution in [0.4, 0.5) is 0 Å². The minimum absolute atomic E-state index is 0.115. The Hall–Kier alpha value is -1.82. The maximum Gasteiger partial charge on any atom is 0.344 e. The predicted octanol–water partition coefficient (Wildman–Crippen LogP) is 3.77. The van der Waals surface area contributed by atoms with Crippen molar-refractivity contribution >= 4 is 33.6 Å². The maximum absolute atomic E-state index is 12.0. The summed E-state index contributed by atoms with van der Waals surface area (Å²) in [4.78, 5) is 12.0. The third-order valence-electron chi connectivity index (χ3n) is 2.91. The van der Waals surface area contributed by atoms with E-state index < -0.39 is 5.63 Å². The summed E-state index contributed by atoms with van der Waals surface area (Å²) in [5, 5.41) is 10.4. The number of halogens is 1. The Bertz CT molecular complexity index is 807. The Labute approximate surface area is 122 Å². The third kappa shape index (κ3) is 2.12. The number of phenols is 1. The van der Waals surface area contributed by atoms with Crippen LogP contribution in [0.5, 0.6) is 5.75 Å². The lowest BCUT2D eigenvalue weighted by Crippen LogP contribution is -2.03. The highest BCUT2D eigenvalue weighted by molar-refractivity contribution is 14.1. The number of hydrogen-bond acceptors (Lipinski definition) is 3. The Kier molecular flexibility index (Phi) is 3.02. The summed E-state index contributed by atoms with van der Waals surface area (Å²) in [5.74, 6) is 0.115. The van der Waals surface area contributed by atoms with Crippen LogP contribution in [-0.4, -0.2) is 5.11 Å². The monoisotopic (exact) mass is 364 g/mol. The fourth-order valence-electron chi connectivity index (χ4n) is 1.96. The van der Waals surface area contributed by atoms with E-state index in [9.17, 15) is 9.90 Å². The molecule has 0 bridgehead atoms. The molecule has 94 valence electrons. The lowest BCUT2D eigenvalue weighted by Gasteiger charge is -2.04. The Morgan fingerprint density at radius 1 is 1.05 bits per heavy atom. The van der Waals surface area contributed by atoms with Gasteiger partial charge in [-0.15, -0.1) is 0 Å². The van der Waals surface area contributed by atoms with Crippen LogP contribution in [0.15, 0.2) is 57.7 Å². The summed E-state index contributed by atoms with van der Waals surface area (Å²) in [7, 11) is 0. The average molecular weight is 364 g/mol. The lowest BCUT2D eigenvalue weighted by molar-refractivity contribution is 0.469. The largest absolute Gasteiger partial charge is 0.507 e. The Morgan fingerprint density at radius 3 is 2.53 bits per heavy atom. The van der Waals surface area contributed by atoms with Crippen LogP contribution >= 0.6 is 22.6 Å². The first-order valence-corrected chi connectivity index (χ1v) is 6.75. The van der Waals surface area contributed by atoms with Gasteiger partial charge in [0.25, 0.3) is 0 Å². The van der Waals surface area contributed by atoms with Gasteiger partial charge < -0.3 is 9.52 Å². The highest BCUT2D eigenvalue weighted by Crippen LogP contribution is 2.29. The SMILES string of the molecule is O=c1oc2c(I)c(O)ccc2cc1-c1ccccc1. The van der Waals surface area contributed by atoms with Gasteiger partial charge in [0.15, 0.2) is 5.58 Å². The van der Waals surface area contributed by atoms with Gasteiger partial charge in [0, 0.05) is 5.39 Å². The zero-order valence-electron chi connectivity index (χ0n) is 9.76. The normalized spacial score (nSPS) is 10.8. The number of rotatable bonds is 1. The van der Waals surface area contributed by atoms with Crippen LogP contribution in [0.1, 0.15) is 0 Å². The van der Waals surface area contributed by atoms with Crippen LogP contribution < -0.4 is 5.63 Å². The molecule has 3 nitrogen and oxygen atoms in total. The number of aromatic hydroxyl groups is 1. The third-order valence-corrected chi connectivity index (χ3v) is 3.95. The summed E-state index contributed by atoms with van der Waals surface area (Å²) in [5.41, 5.74) is 1.36. The topological polar surface area (TPSA) is 50.4 Å². The number of hydrogen-bond donors (Lipinski definition) is 1. The van der Waals surface area contributed by atoms with E-state index >= 15 is 0 Å². The fraction of sp³-hybridized carbons (Fsp3) is 0. The van der Waals surface area contributed by atoms with Gasteiger partial charge >= 0.3 is 5.63 Å². The van der Waals surface area contributed by atoms with Crippen LogP contribution in [0.25, 0.3) is 22.1 Å². The summed E-state index contributed by atoms with van der Waals surface area (Å²) in [6.45, 7) is 0. The molecule has 19 heavy (non-hydrogen) atoms. The average Bonchev–Trinajstić information content (AvgIpc) is 2.44. The van der Waals surface area contributed by atoms with E-state index in [-0.39, 0.29) is 5.75 Å². The first-order chi connectivity index (χ1) is 9.16. The molecule has 0 radical (unpaired) electrons. The first kappa shape index (κ1) is 12.2. The molecular weight excluding hydrogens is 355 g/mol. The van der Waals surface area contributed by atoms with Gasteiger partial charge in [0.05, 0.1) is 9.13 Å². The molecule has 0 spiro atoms. The van der Waals surface area contributed by atoms with Gasteiger partial charge in [-0.05, 0) is 46.4 Å². The van der Waals surface area contributed by atoms with E-state index in [2.05, 4.69) is 0 Å². The fourth-order valence-corrected chi connectivity index (χ4v) is 2.56. The molecule has 3 aromatic rings. The molecule has 0 atom stereocenters. The molecule has 0 aliphatic heterocycles. The molecule has 0 amide bonds. The van der Waals surface area contributed by atoms with Crippen molar-refractivity contribution in [2.45, 2.75) is 0 Å². The molecular formula is C15H9IO3. The predicted molar refractivity (Wildman–Crippen MR) is 82.3 cm³/mol. The molecule has 2 aromatic carbocycles. The minimum Gasteiger partial charge on any atom is -0.507 e. The number of phenolic OH excluding ortho intramolecular Hbond substituents is 1. The first-order valence-electron chi connectivity index (χ1n) is 5.67. The zero-order chi connectivity index (χ0) is 13.4. The number of fused-ring (bicyclic) bond motifs is 1. The van der Waals surface area contributed by atoms with Crippen LogP contribution in [0.3, 0.4) is 0 Å². The van der Waals surface area contributed by atoms with E-state index in [1.54, 1.807) is 18.2 Å². The molecule has 0 aliphatic rings. The molecule has 0 fully saturated rings. The van der Waals surface area contributed by atoms with E-state index in [4.69, 9.17) is 4.42 Å². The molecule has 3 rings (SSSR count). The van der Waals surface area contributed by atoms with E-state index in [0.717, 1.165) is 10.9 Å². The van der Waals surface area contributed by atoms with Gasteiger partial charge in [-0.3, -0.25) is 0 Å². The van der Waals surface area contributed by atoms with Gasteiger partial charge in [0.1, 0.15) is 5.75 Å². The van der Waals surface area contributed by atoms with Crippen molar-refractivity contribution in [3.8, 4) is 16.9 Å². The molecule has 0 saturated carbocycles. The summed E-state index contributed by atoms with van der Waals surface area (Å²) < 4.78 is 5.88. The number of benzene rings is 2. The lowest BCUT2D eigenvalue weighted by atomic mass is 10.1. The Morgan fingerprint density at radius 2 is 1.79 bits per heavy atom. The van der Waals surface area contributed by atoms with Crippen LogP contribution in [0, 0.1) is 3.57 Å². The maximum atomic E-state index is 12.0. The highest BCUT2D eigenvalue weighted by Gasteiger charge is 2.11. The van der Waals surface area contributed by atoms with Crippen LogP contribution in [-0.2, 0) is 0 Å². The molecule has 4 heteroatoms. The standard InChI is InChI=1S/C15H9IO3/c16-13-12(17)7-6-10-8-11(15(18)19-14(10)13)9-4-2-1-3-5-9/h1-8,17H. The van der Waals surface area contributed by atoms with Crippen molar-refractivity contribution < 1.29 is 9.52 Å². The van der Waals surface area contributed by atoms with Gasteiger partial charge in [-0.2, -0.15) is 0 Å². The van der Waals surface area contributed by atoms with Crippen molar-refractivity contribution in [1.29, 1.82) is 0 Å². The minimum atomic E-state index is -0.401. The summed E-state index contributed by atoms with van der Waals surface area (Å²) >= 11 is 1.96. The second-order valence-electron chi connectivity index (χ2n) is 4.13. The van der Waals surface area contributed by atoms with E-state index in [1.807, 2.05) is 52.9 Å². The second kappa shape index (κ2) is 4.70. The van der Waals surface area contributed by atoms with E-state index in [1.165, 1.54) is 0 Å². The molecule has 1 aromatic heterocycles. The highest BCUT2D eigenvalue weighted by atomic mass is 127. The zero-order valence-corrected chi connectivity index (χ0v) is 11.9. The van der Waals surface area contributed by atoms with E-state index in [0.29, 0.717) is 14.7 Å². The summed E-state index contributed by atoms with van der Waals surface area (Å²) in [6, 6.07) is 14.5. The van der Waals surface area contributed by atoms with Crippen molar-refractivity contribution in [3.05, 3.63) is 62.5 Å². The van der Waals surface area contributed by atoms with Crippen molar-refractivity contribution in [2.24, 2.45) is 0 Å².